The fourth-order valence-corrected chi connectivity index (χ4v) is 4.56. The molecule has 0 heterocycles. The lowest BCUT2D eigenvalue weighted by molar-refractivity contribution is -0.126. The van der Waals surface area contributed by atoms with E-state index in [4.69, 9.17) is 0 Å². The van der Waals surface area contributed by atoms with Gasteiger partial charge in [-0.15, -0.1) is 0 Å². The van der Waals surface area contributed by atoms with Gasteiger partial charge in [0.1, 0.15) is 11.6 Å². The summed E-state index contributed by atoms with van der Waals surface area (Å²) in [6, 6.07) is 10.5. The number of aliphatic hydroxyl groups is 1. The van der Waals surface area contributed by atoms with E-state index in [0.717, 1.165) is 43.7 Å². The molecule has 2 aromatic carbocycles. The molecule has 4 N–H and O–H groups in total. The van der Waals surface area contributed by atoms with Crippen molar-refractivity contribution in [2.45, 2.75) is 84.4 Å². The highest BCUT2D eigenvalue weighted by Gasteiger charge is 2.23. The minimum atomic E-state index is -1.01. The van der Waals surface area contributed by atoms with Crippen molar-refractivity contribution < 1.29 is 23.5 Å². The van der Waals surface area contributed by atoms with Crippen LogP contribution in [-0.2, 0) is 29.0 Å². The highest BCUT2D eigenvalue weighted by atomic mass is 19.1. The Kier molecular flexibility index (Phi) is 13.9. The molecule has 6 nitrogen and oxygen atoms in total. The van der Waals surface area contributed by atoms with Crippen molar-refractivity contribution in [2.75, 3.05) is 13.1 Å². The monoisotopic (exact) mass is 531 g/mol. The summed E-state index contributed by atoms with van der Waals surface area (Å²) in [5.74, 6) is -1.90. The molecule has 0 aliphatic heterocycles. The summed E-state index contributed by atoms with van der Waals surface area (Å²) in [4.78, 5) is 25.2. The second-order valence-corrected chi connectivity index (χ2v) is 9.84. The lowest BCUT2D eigenvalue weighted by Gasteiger charge is -2.25. The quantitative estimate of drug-likeness (QED) is 0.243. The molecular weight excluding hydrogens is 488 g/mol. The van der Waals surface area contributed by atoms with Gasteiger partial charge in [0, 0.05) is 38.0 Å². The molecule has 2 rings (SSSR count). The molecule has 0 bridgehead atoms. The van der Waals surface area contributed by atoms with Gasteiger partial charge in [0.25, 0.3) is 0 Å². The summed E-state index contributed by atoms with van der Waals surface area (Å²) in [5.41, 5.74) is 2.62. The van der Waals surface area contributed by atoms with Gasteiger partial charge in [-0.05, 0) is 54.5 Å². The van der Waals surface area contributed by atoms with E-state index in [1.165, 1.54) is 17.7 Å². The Morgan fingerprint density at radius 2 is 1.58 bits per heavy atom. The maximum Gasteiger partial charge on any atom is 0.223 e. The zero-order chi connectivity index (χ0) is 27.9. The van der Waals surface area contributed by atoms with Gasteiger partial charge in [-0.2, -0.15) is 0 Å². The minimum absolute atomic E-state index is 0.0364. The summed E-state index contributed by atoms with van der Waals surface area (Å²) in [5, 5.41) is 19.7. The largest absolute Gasteiger partial charge is 0.390 e. The number of hydrogen-bond donors (Lipinski definition) is 4. The molecule has 2 aromatic rings. The number of nitrogens with one attached hydrogen (secondary N) is 3. The van der Waals surface area contributed by atoms with E-state index in [1.807, 2.05) is 26.0 Å². The number of benzene rings is 2. The SMILES string of the molecule is CCCC(CCC)C(=O)NCCC(=O)N[C@@H](Cc1cc(F)cc(F)c1)[C@H](O)CNCc1cccc(CC)c1. The number of rotatable bonds is 17. The van der Waals surface area contributed by atoms with Crippen LogP contribution in [0.1, 0.15) is 69.6 Å². The van der Waals surface area contributed by atoms with Gasteiger partial charge in [0.15, 0.2) is 0 Å². The molecule has 0 fully saturated rings. The van der Waals surface area contributed by atoms with E-state index in [2.05, 4.69) is 35.0 Å². The molecular formula is C30H43F2N3O3. The van der Waals surface area contributed by atoms with Crippen molar-refractivity contribution in [1.29, 1.82) is 0 Å². The predicted molar refractivity (Wildman–Crippen MR) is 146 cm³/mol. The van der Waals surface area contributed by atoms with Crippen LogP contribution in [0.5, 0.6) is 0 Å². The fourth-order valence-electron chi connectivity index (χ4n) is 4.56. The first kappa shape index (κ1) is 31.4. The molecule has 0 spiro atoms. The lowest BCUT2D eigenvalue weighted by atomic mass is 9.97. The van der Waals surface area contributed by atoms with Crippen molar-refractivity contribution in [3.8, 4) is 0 Å². The van der Waals surface area contributed by atoms with Crippen LogP contribution in [0, 0.1) is 17.6 Å². The Morgan fingerprint density at radius 1 is 0.921 bits per heavy atom. The molecule has 0 saturated carbocycles. The van der Waals surface area contributed by atoms with Crippen LogP contribution in [0.25, 0.3) is 0 Å². The topological polar surface area (TPSA) is 90.5 Å². The van der Waals surface area contributed by atoms with Crippen LogP contribution in [0.4, 0.5) is 8.78 Å². The van der Waals surface area contributed by atoms with E-state index in [0.29, 0.717) is 12.1 Å². The molecule has 0 radical (unpaired) electrons. The molecule has 0 aliphatic carbocycles. The standard InChI is InChI=1S/C30H43F2N3O3/c1-4-8-24(9-5-2)30(38)34-13-12-29(37)35-27(17-23-15-25(31)18-26(32)16-23)28(36)20-33-19-22-11-7-10-21(6-3)14-22/h7,10-11,14-16,18,24,27-28,33,36H,4-6,8-9,12-13,17,19-20H2,1-3H3,(H,34,38)(H,35,37)/t27-,28+/m0/s1. The van der Waals surface area contributed by atoms with Crippen LogP contribution in [0.15, 0.2) is 42.5 Å². The number of halogens is 2. The molecule has 0 saturated heterocycles. The van der Waals surface area contributed by atoms with E-state index >= 15 is 0 Å². The number of amides is 2. The van der Waals surface area contributed by atoms with Gasteiger partial charge in [0.05, 0.1) is 12.1 Å². The van der Waals surface area contributed by atoms with Gasteiger partial charge in [-0.1, -0.05) is 57.9 Å². The lowest BCUT2D eigenvalue weighted by Crippen LogP contribution is -2.49. The molecule has 0 aliphatic rings. The van der Waals surface area contributed by atoms with E-state index in [-0.39, 0.29) is 43.7 Å². The Morgan fingerprint density at radius 3 is 2.21 bits per heavy atom. The number of hydrogen-bond acceptors (Lipinski definition) is 4. The second kappa shape index (κ2) is 16.9. The van der Waals surface area contributed by atoms with E-state index in [9.17, 15) is 23.5 Å². The third-order valence-electron chi connectivity index (χ3n) is 6.57. The Labute approximate surface area is 225 Å². The zero-order valence-corrected chi connectivity index (χ0v) is 22.9. The maximum absolute atomic E-state index is 13.8. The van der Waals surface area contributed by atoms with Crippen molar-refractivity contribution in [3.05, 3.63) is 70.8 Å². The van der Waals surface area contributed by atoms with Crippen LogP contribution in [-0.4, -0.2) is 42.2 Å². The molecule has 0 unspecified atom stereocenters. The highest BCUT2D eigenvalue weighted by Crippen LogP contribution is 2.14. The van der Waals surface area contributed by atoms with Crippen LogP contribution >= 0.6 is 0 Å². The first-order valence-corrected chi connectivity index (χ1v) is 13.7. The van der Waals surface area contributed by atoms with Gasteiger partial charge in [-0.3, -0.25) is 9.59 Å². The molecule has 38 heavy (non-hydrogen) atoms. The highest BCUT2D eigenvalue weighted by molar-refractivity contribution is 5.80. The summed E-state index contributed by atoms with van der Waals surface area (Å²) >= 11 is 0. The fraction of sp³-hybridized carbons (Fsp3) is 0.533. The van der Waals surface area contributed by atoms with Gasteiger partial charge < -0.3 is 21.1 Å². The van der Waals surface area contributed by atoms with E-state index in [1.54, 1.807) is 0 Å². The van der Waals surface area contributed by atoms with Crippen molar-refractivity contribution >= 4 is 11.8 Å². The predicted octanol–water partition coefficient (Wildman–Crippen LogP) is 4.43. The van der Waals surface area contributed by atoms with Crippen LogP contribution in [0.2, 0.25) is 0 Å². The van der Waals surface area contributed by atoms with Crippen LogP contribution in [0.3, 0.4) is 0 Å². The van der Waals surface area contributed by atoms with Gasteiger partial charge >= 0.3 is 0 Å². The van der Waals surface area contributed by atoms with Crippen molar-refractivity contribution in [3.63, 3.8) is 0 Å². The third kappa shape index (κ3) is 11.3. The molecule has 0 aromatic heterocycles. The first-order chi connectivity index (χ1) is 18.2. The third-order valence-corrected chi connectivity index (χ3v) is 6.57. The molecule has 8 heteroatoms. The average Bonchev–Trinajstić information content (AvgIpc) is 2.87. The molecule has 210 valence electrons. The number of carbonyl (C=O) groups is 2. The van der Waals surface area contributed by atoms with Crippen molar-refractivity contribution in [2.24, 2.45) is 5.92 Å². The zero-order valence-electron chi connectivity index (χ0n) is 22.9. The molecule has 2 amide bonds. The second-order valence-electron chi connectivity index (χ2n) is 9.84. The Balaban J connectivity index is 1.97. The Hall–Kier alpha value is -2.84. The smallest absolute Gasteiger partial charge is 0.223 e. The van der Waals surface area contributed by atoms with Crippen molar-refractivity contribution in [1.82, 2.24) is 16.0 Å². The minimum Gasteiger partial charge on any atom is -0.390 e. The summed E-state index contributed by atoms with van der Waals surface area (Å²) < 4.78 is 27.5. The first-order valence-electron chi connectivity index (χ1n) is 13.7. The molecule has 2 atom stereocenters. The average molecular weight is 532 g/mol. The summed E-state index contributed by atoms with van der Waals surface area (Å²) in [6.07, 6.45) is 3.44. The summed E-state index contributed by atoms with van der Waals surface area (Å²) in [6.45, 7) is 7.04. The summed E-state index contributed by atoms with van der Waals surface area (Å²) in [7, 11) is 0. The Bertz CT molecular complexity index is 992. The van der Waals surface area contributed by atoms with Gasteiger partial charge in [0.2, 0.25) is 11.8 Å². The number of aryl methyl sites for hydroxylation is 1. The maximum atomic E-state index is 13.8. The van der Waals surface area contributed by atoms with Gasteiger partial charge in [-0.25, -0.2) is 8.78 Å². The number of carbonyl (C=O) groups excluding carboxylic acids is 2. The normalized spacial score (nSPS) is 12.8. The number of aliphatic hydroxyl groups excluding tert-OH is 1. The van der Waals surface area contributed by atoms with Crippen LogP contribution < -0.4 is 16.0 Å². The van der Waals surface area contributed by atoms with E-state index < -0.39 is 23.8 Å².